The van der Waals surface area contributed by atoms with Crippen LogP contribution in [0.3, 0.4) is 0 Å². The van der Waals surface area contributed by atoms with Gasteiger partial charge in [0.1, 0.15) is 17.2 Å². The molecule has 0 spiro atoms. The van der Waals surface area contributed by atoms with Crippen molar-refractivity contribution in [3.8, 4) is 11.5 Å². The van der Waals surface area contributed by atoms with Gasteiger partial charge < -0.3 is 15.7 Å². The number of oxime groups is 1. The predicted octanol–water partition coefficient (Wildman–Crippen LogP) is 1.67. The van der Waals surface area contributed by atoms with Gasteiger partial charge in [-0.1, -0.05) is 5.16 Å². The topological polar surface area (TPSA) is 93.6 Å². The number of aryl methyl sites for hydroxylation is 1. The van der Waals surface area contributed by atoms with Crippen LogP contribution in [-0.2, 0) is 0 Å². The zero-order valence-electron chi connectivity index (χ0n) is 9.74. The standard InChI is InChI=1S/C12H12N4O2/c1-8-2-3-9(6-14-8)18-10-4-5-11(15-7-10)12(13)16-17/h2-7,17H,1H3,(H2,13,16). The molecule has 0 aliphatic heterocycles. The molecule has 0 radical (unpaired) electrons. The van der Waals surface area contributed by atoms with Gasteiger partial charge >= 0.3 is 0 Å². The minimum atomic E-state index is -0.0430. The second-order valence-electron chi connectivity index (χ2n) is 3.60. The Hall–Kier alpha value is -2.63. The van der Waals surface area contributed by atoms with E-state index in [1.165, 1.54) is 6.20 Å². The van der Waals surface area contributed by atoms with Crippen LogP contribution < -0.4 is 10.5 Å². The van der Waals surface area contributed by atoms with Gasteiger partial charge in [-0.3, -0.25) is 4.98 Å². The van der Waals surface area contributed by atoms with Gasteiger partial charge in [0.25, 0.3) is 0 Å². The van der Waals surface area contributed by atoms with Gasteiger partial charge in [-0.2, -0.15) is 0 Å². The van der Waals surface area contributed by atoms with Gasteiger partial charge in [0.2, 0.25) is 0 Å². The van der Waals surface area contributed by atoms with E-state index in [0.29, 0.717) is 17.2 Å². The highest BCUT2D eigenvalue weighted by molar-refractivity contribution is 5.95. The summed E-state index contributed by atoms with van der Waals surface area (Å²) in [6.45, 7) is 1.90. The molecule has 2 aromatic heterocycles. The summed E-state index contributed by atoms with van der Waals surface area (Å²) < 4.78 is 5.53. The molecule has 3 N–H and O–H groups in total. The number of nitrogens with two attached hydrogens (primary N) is 1. The molecule has 92 valence electrons. The average Bonchev–Trinajstić information content (AvgIpc) is 2.41. The van der Waals surface area contributed by atoms with Crippen molar-refractivity contribution in [3.63, 3.8) is 0 Å². The molecule has 0 aliphatic rings. The van der Waals surface area contributed by atoms with Crippen molar-refractivity contribution in [2.24, 2.45) is 10.9 Å². The zero-order chi connectivity index (χ0) is 13.0. The summed E-state index contributed by atoms with van der Waals surface area (Å²) in [5.74, 6) is 1.13. The molecule has 2 rings (SSSR count). The Kier molecular flexibility index (Phi) is 3.38. The maximum absolute atomic E-state index is 8.50. The molecule has 0 bridgehead atoms. The fourth-order valence-electron chi connectivity index (χ4n) is 1.29. The monoisotopic (exact) mass is 244 g/mol. The van der Waals surface area contributed by atoms with Crippen LogP contribution in [0.1, 0.15) is 11.4 Å². The van der Waals surface area contributed by atoms with Crippen LogP contribution in [0.4, 0.5) is 0 Å². The summed E-state index contributed by atoms with van der Waals surface area (Å²) >= 11 is 0. The third kappa shape index (κ3) is 2.73. The quantitative estimate of drug-likeness (QED) is 0.371. The van der Waals surface area contributed by atoms with E-state index >= 15 is 0 Å². The van der Waals surface area contributed by atoms with Crippen molar-refractivity contribution < 1.29 is 9.94 Å². The molecular weight excluding hydrogens is 232 g/mol. The van der Waals surface area contributed by atoms with Crippen molar-refractivity contribution >= 4 is 5.84 Å². The van der Waals surface area contributed by atoms with Crippen LogP contribution in [0.5, 0.6) is 11.5 Å². The van der Waals surface area contributed by atoms with E-state index in [-0.39, 0.29) is 5.84 Å². The van der Waals surface area contributed by atoms with E-state index in [1.807, 2.05) is 19.1 Å². The second-order valence-corrected chi connectivity index (χ2v) is 3.60. The van der Waals surface area contributed by atoms with Crippen LogP contribution >= 0.6 is 0 Å². The van der Waals surface area contributed by atoms with Crippen molar-refractivity contribution in [2.75, 3.05) is 0 Å². The van der Waals surface area contributed by atoms with E-state index in [0.717, 1.165) is 5.69 Å². The minimum Gasteiger partial charge on any atom is -0.454 e. The Balaban J connectivity index is 2.13. The highest BCUT2D eigenvalue weighted by Crippen LogP contribution is 2.19. The molecule has 6 nitrogen and oxygen atoms in total. The fraction of sp³-hybridized carbons (Fsp3) is 0.0833. The zero-order valence-corrected chi connectivity index (χ0v) is 9.74. The lowest BCUT2D eigenvalue weighted by molar-refractivity contribution is 0.318. The summed E-state index contributed by atoms with van der Waals surface area (Å²) in [5, 5.41) is 11.4. The molecule has 2 aromatic rings. The van der Waals surface area contributed by atoms with Crippen molar-refractivity contribution in [1.29, 1.82) is 0 Å². The van der Waals surface area contributed by atoms with Gasteiger partial charge in [0.05, 0.1) is 12.4 Å². The SMILES string of the molecule is Cc1ccc(Oc2ccc(/C(N)=N/O)nc2)cn1. The predicted molar refractivity (Wildman–Crippen MR) is 65.8 cm³/mol. The first kappa shape index (κ1) is 11.8. The Morgan fingerprint density at radius 3 is 2.33 bits per heavy atom. The van der Waals surface area contributed by atoms with Crippen LogP contribution in [0.15, 0.2) is 41.8 Å². The number of ether oxygens (including phenoxy) is 1. The molecular formula is C12H12N4O2. The third-order valence-corrected chi connectivity index (χ3v) is 2.23. The molecule has 0 amide bonds. The first-order valence-corrected chi connectivity index (χ1v) is 5.23. The molecule has 0 aromatic carbocycles. The van der Waals surface area contributed by atoms with E-state index in [1.54, 1.807) is 18.3 Å². The van der Waals surface area contributed by atoms with Crippen molar-refractivity contribution in [3.05, 3.63) is 48.0 Å². The van der Waals surface area contributed by atoms with Crippen LogP contribution in [-0.4, -0.2) is 21.0 Å². The van der Waals surface area contributed by atoms with E-state index in [9.17, 15) is 0 Å². The first-order chi connectivity index (χ1) is 8.69. The van der Waals surface area contributed by atoms with Crippen LogP contribution in [0.2, 0.25) is 0 Å². The van der Waals surface area contributed by atoms with E-state index in [4.69, 9.17) is 15.7 Å². The summed E-state index contributed by atoms with van der Waals surface area (Å²) in [4.78, 5) is 8.12. The van der Waals surface area contributed by atoms with Crippen molar-refractivity contribution in [1.82, 2.24) is 9.97 Å². The Morgan fingerprint density at radius 2 is 1.83 bits per heavy atom. The summed E-state index contributed by atoms with van der Waals surface area (Å²) in [6, 6.07) is 6.96. The highest BCUT2D eigenvalue weighted by Gasteiger charge is 2.02. The smallest absolute Gasteiger partial charge is 0.188 e. The molecule has 0 saturated heterocycles. The number of pyridine rings is 2. The fourth-order valence-corrected chi connectivity index (χ4v) is 1.29. The second kappa shape index (κ2) is 5.13. The average molecular weight is 244 g/mol. The largest absolute Gasteiger partial charge is 0.454 e. The molecule has 0 fully saturated rings. The van der Waals surface area contributed by atoms with E-state index < -0.39 is 0 Å². The maximum Gasteiger partial charge on any atom is 0.188 e. The number of aromatic nitrogens is 2. The molecule has 2 heterocycles. The first-order valence-electron chi connectivity index (χ1n) is 5.23. The Labute approximate surface area is 104 Å². The lowest BCUT2D eigenvalue weighted by atomic mass is 10.3. The number of nitrogens with zero attached hydrogens (tertiary/aromatic N) is 3. The molecule has 6 heteroatoms. The molecule has 0 saturated carbocycles. The Morgan fingerprint density at radius 1 is 1.17 bits per heavy atom. The number of amidine groups is 1. The number of rotatable bonds is 3. The lowest BCUT2D eigenvalue weighted by Gasteiger charge is -2.05. The van der Waals surface area contributed by atoms with Crippen LogP contribution in [0.25, 0.3) is 0 Å². The third-order valence-electron chi connectivity index (χ3n) is 2.23. The van der Waals surface area contributed by atoms with Gasteiger partial charge in [-0.05, 0) is 31.2 Å². The van der Waals surface area contributed by atoms with Gasteiger partial charge in [-0.15, -0.1) is 0 Å². The highest BCUT2D eigenvalue weighted by atomic mass is 16.5. The summed E-state index contributed by atoms with van der Waals surface area (Å²) in [6.07, 6.45) is 3.13. The molecule has 0 atom stereocenters. The lowest BCUT2D eigenvalue weighted by Crippen LogP contribution is -2.14. The number of hydrogen-bond acceptors (Lipinski definition) is 5. The van der Waals surface area contributed by atoms with Crippen molar-refractivity contribution in [2.45, 2.75) is 6.92 Å². The van der Waals surface area contributed by atoms with Gasteiger partial charge in [-0.25, -0.2) is 4.98 Å². The summed E-state index contributed by atoms with van der Waals surface area (Å²) in [7, 11) is 0. The van der Waals surface area contributed by atoms with Gasteiger partial charge in [0, 0.05) is 5.69 Å². The number of hydrogen-bond donors (Lipinski definition) is 2. The minimum absolute atomic E-state index is 0.0430. The normalized spacial score (nSPS) is 11.3. The molecule has 0 unspecified atom stereocenters. The van der Waals surface area contributed by atoms with Crippen LogP contribution in [0, 0.1) is 6.92 Å². The van der Waals surface area contributed by atoms with E-state index in [2.05, 4.69) is 15.1 Å². The maximum atomic E-state index is 8.50. The molecule has 0 aliphatic carbocycles. The Bertz CT molecular complexity index is 549. The summed E-state index contributed by atoms with van der Waals surface area (Å²) in [5.41, 5.74) is 6.70. The molecule has 18 heavy (non-hydrogen) atoms. The van der Waals surface area contributed by atoms with Gasteiger partial charge in [0.15, 0.2) is 5.84 Å².